The van der Waals surface area contributed by atoms with E-state index in [1.807, 2.05) is 36.4 Å². The van der Waals surface area contributed by atoms with Crippen LogP contribution in [0.25, 0.3) is 11.1 Å². The molecule has 148 valence electrons. The third-order valence-electron chi connectivity index (χ3n) is 4.25. The maximum Gasteiger partial charge on any atom is 0.261 e. The molecule has 0 bridgehead atoms. The Morgan fingerprint density at radius 1 is 1.17 bits per heavy atom. The Kier molecular flexibility index (Phi) is 5.39. The minimum atomic E-state index is -0.341. The molecular formula is C20H18N4O4S. The fourth-order valence-electron chi connectivity index (χ4n) is 2.86. The number of carbonyl (C=O) groups is 1. The van der Waals surface area contributed by atoms with Crippen molar-refractivity contribution >= 4 is 23.5 Å². The molecule has 29 heavy (non-hydrogen) atoms. The number of fused-ring (bicyclic) bond motifs is 1. The highest BCUT2D eigenvalue weighted by molar-refractivity contribution is 7.99. The first kappa shape index (κ1) is 18.9. The zero-order chi connectivity index (χ0) is 20.2. The fourth-order valence-corrected chi connectivity index (χ4v) is 3.56. The molecule has 0 atom stereocenters. The summed E-state index contributed by atoms with van der Waals surface area (Å²) in [6, 6.07) is 14.6. The molecule has 4 N–H and O–H groups in total. The van der Waals surface area contributed by atoms with Crippen LogP contribution in [-0.2, 0) is 11.3 Å². The number of ether oxygens (including phenoxy) is 2. The van der Waals surface area contributed by atoms with Gasteiger partial charge in [0.05, 0.1) is 11.3 Å². The lowest BCUT2D eigenvalue weighted by atomic mass is 10.1. The summed E-state index contributed by atoms with van der Waals surface area (Å²) in [5.74, 6) is 1.39. The minimum absolute atomic E-state index is 0.0949. The molecule has 1 aliphatic heterocycles. The number of aromatic nitrogens is 2. The highest BCUT2D eigenvalue weighted by Gasteiger charge is 2.14. The van der Waals surface area contributed by atoms with Gasteiger partial charge in [0.15, 0.2) is 16.7 Å². The molecule has 9 heteroatoms. The van der Waals surface area contributed by atoms with Crippen LogP contribution in [0.15, 0.2) is 58.5 Å². The first-order chi connectivity index (χ1) is 14.1. The van der Waals surface area contributed by atoms with E-state index < -0.39 is 0 Å². The normalized spacial score (nSPS) is 12.0. The first-order valence-electron chi connectivity index (χ1n) is 8.83. The summed E-state index contributed by atoms with van der Waals surface area (Å²) in [5.41, 5.74) is 7.54. The van der Waals surface area contributed by atoms with Crippen LogP contribution in [0.1, 0.15) is 5.56 Å². The zero-order valence-corrected chi connectivity index (χ0v) is 16.1. The summed E-state index contributed by atoms with van der Waals surface area (Å²) in [7, 11) is 0. The monoisotopic (exact) mass is 410 g/mol. The number of nitrogens with two attached hydrogens (primary N) is 1. The molecule has 4 rings (SSSR count). The summed E-state index contributed by atoms with van der Waals surface area (Å²) >= 11 is 1.11. The number of nitrogens with zero attached hydrogens (tertiary/aromatic N) is 1. The quantitative estimate of drug-likeness (QED) is 0.421. The zero-order valence-electron chi connectivity index (χ0n) is 15.3. The number of thioether (sulfide) groups is 1. The molecule has 0 radical (unpaired) electrons. The molecule has 1 aliphatic rings. The summed E-state index contributed by atoms with van der Waals surface area (Å²) in [4.78, 5) is 31.4. The third kappa shape index (κ3) is 4.35. The molecular weight excluding hydrogens is 392 g/mol. The van der Waals surface area contributed by atoms with E-state index in [9.17, 15) is 9.59 Å². The van der Waals surface area contributed by atoms with E-state index in [2.05, 4.69) is 15.3 Å². The maximum absolute atomic E-state index is 12.4. The van der Waals surface area contributed by atoms with E-state index >= 15 is 0 Å². The molecule has 3 aromatic rings. The summed E-state index contributed by atoms with van der Waals surface area (Å²) in [6.07, 6.45) is 0. The Labute approximate surface area is 170 Å². The lowest BCUT2D eigenvalue weighted by molar-refractivity contribution is -0.118. The van der Waals surface area contributed by atoms with Crippen LogP contribution in [0.5, 0.6) is 11.5 Å². The Hall–Kier alpha value is -3.46. The number of H-pyrrole nitrogens is 1. The van der Waals surface area contributed by atoms with Gasteiger partial charge in [0, 0.05) is 6.54 Å². The molecule has 0 spiro atoms. The van der Waals surface area contributed by atoms with Crippen LogP contribution in [0, 0.1) is 0 Å². The van der Waals surface area contributed by atoms with Gasteiger partial charge in [-0.1, -0.05) is 48.2 Å². The van der Waals surface area contributed by atoms with Crippen LogP contribution in [0.3, 0.4) is 0 Å². The molecule has 1 aromatic heterocycles. The van der Waals surface area contributed by atoms with Crippen molar-refractivity contribution in [2.45, 2.75) is 11.7 Å². The van der Waals surface area contributed by atoms with Crippen molar-refractivity contribution < 1.29 is 14.3 Å². The summed E-state index contributed by atoms with van der Waals surface area (Å²) in [5, 5.41) is 3.12. The molecule has 2 aromatic carbocycles. The lowest BCUT2D eigenvalue weighted by Crippen LogP contribution is -2.25. The number of hydrogen-bond acceptors (Lipinski definition) is 7. The molecule has 0 fully saturated rings. The molecule has 0 unspecified atom stereocenters. The van der Waals surface area contributed by atoms with Gasteiger partial charge in [-0.3, -0.25) is 9.59 Å². The number of hydrogen-bond donors (Lipinski definition) is 3. The van der Waals surface area contributed by atoms with E-state index in [1.165, 1.54) is 0 Å². The molecule has 0 saturated heterocycles. The van der Waals surface area contributed by atoms with Crippen molar-refractivity contribution in [3.63, 3.8) is 0 Å². The number of rotatable bonds is 6. The van der Waals surface area contributed by atoms with Gasteiger partial charge >= 0.3 is 0 Å². The maximum atomic E-state index is 12.4. The number of amides is 1. The lowest BCUT2D eigenvalue weighted by Gasteiger charge is -2.08. The molecule has 8 nitrogen and oxygen atoms in total. The van der Waals surface area contributed by atoms with Crippen LogP contribution in [0.2, 0.25) is 0 Å². The van der Waals surface area contributed by atoms with Gasteiger partial charge in [0.2, 0.25) is 12.7 Å². The van der Waals surface area contributed by atoms with Crippen LogP contribution < -0.4 is 26.1 Å². The van der Waals surface area contributed by atoms with Gasteiger partial charge in [-0.15, -0.1) is 0 Å². The number of nitrogens with one attached hydrogen (secondary N) is 2. The standard InChI is InChI=1S/C20H18N4O4S/c21-18-17(13-4-2-1-3-5-13)19(26)24-20(23-18)29-10-16(25)22-9-12-6-7-14-15(8-12)28-11-27-14/h1-8H,9-11H2,(H,22,25)(H3,21,23,24,26). The minimum Gasteiger partial charge on any atom is -0.454 e. The SMILES string of the molecule is Nc1nc(SCC(=O)NCc2ccc3c(c2)OCO3)[nH]c(=O)c1-c1ccccc1. The van der Waals surface area contributed by atoms with Crippen molar-refractivity contribution in [3.05, 3.63) is 64.4 Å². The predicted molar refractivity (Wildman–Crippen MR) is 110 cm³/mol. The third-order valence-corrected chi connectivity index (χ3v) is 5.13. The van der Waals surface area contributed by atoms with Gasteiger partial charge in [-0.25, -0.2) is 4.98 Å². The van der Waals surface area contributed by atoms with Crippen molar-refractivity contribution in [2.24, 2.45) is 0 Å². The number of anilines is 1. The van der Waals surface area contributed by atoms with Gasteiger partial charge in [0.25, 0.3) is 5.56 Å². The second-order valence-electron chi connectivity index (χ2n) is 6.25. The highest BCUT2D eigenvalue weighted by atomic mass is 32.2. The fraction of sp³-hybridized carbons (Fsp3) is 0.150. The average Bonchev–Trinajstić information content (AvgIpc) is 3.19. The van der Waals surface area contributed by atoms with E-state index in [-0.39, 0.29) is 29.8 Å². The second kappa shape index (κ2) is 8.27. The Morgan fingerprint density at radius 2 is 1.97 bits per heavy atom. The average molecular weight is 410 g/mol. The molecule has 0 aliphatic carbocycles. The van der Waals surface area contributed by atoms with Crippen LogP contribution in [0.4, 0.5) is 5.82 Å². The van der Waals surface area contributed by atoms with Gasteiger partial charge in [-0.05, 0) is 23.3 Å². The largest absolute Gasteiger partial charge is 0.454 e. The Morgan fingerprint density at radius 3 is 2.76 bits per heavy atom. The topological polar surface area (TPSA) is 119 Å². The number of carbonyl (C=O) groups excluding carboxylic acids is 1. The second-order valence-corrected chi connectivity index (χ2v) is 7.21. The summed E-state index contributed by atoms with van der Waals surface area (Å²) in [6.45, 7) is 0.564. The van der Waals surface area contributed by atoms with E-state index in [1.54, 1.807) is 12.1 Å². The highest BCUT2D eigenvalue weighted by Crippen LogP contribution is 2.32. The van der Waals surface area contributed by atoms with Gasteiger partial charge in [0.1, 0.15) is 5.82 Å². The smallest absolute Gasteiger partial charge is 0.261 e. The van der Waals surface area contributed by atoms with Crippen molar-refractivity contribution in [2.75, 3.05) is 18.3 Å². The Balaban J connectivity index is 1.35. The van der Waals surface area contributed by atoms with Gasteiger partial charge in [-0.2, -0.15) is 0 Å². The van der Waals surface area contributed by atoms with Crippen molar-refractivity contribution in [1.82, 2.24) is 15.3 Å². The van der Waals surface area contributed by atoms with Crippen molar-refractivity contribution in [1.29, 1.82) is 0 Å². The number of benzene rings is 2. The molecule has 1 amide bonds. The van der Waals surface area contributed by atoms with E-state index in [0.29, 0.717) is 34.3 Å². The number of nitrogen functional groups attached to an aromatic ring is 1. The first-order valence-corrected chi connectivity index (χ1v) is 9.82. The van der Waals surface area contributed by atoms with E-state index in [4.69, 9.17) is 15.2 Å². The van der Waals surface area contributed by atoms with Crippen LogP contribution >= 0.6 is 11.8 Å². The van der Waals surface area contributed by atoms with Gasteiger partial charge < -0.3 is 25.5 Å². The molecule has 2 heterocycles. The number of aromatic amines is 1. The molecule has 0 saturated carbocycles. The predicted octanol–water partition coefficient (Wildman–Crippen LogP) is 2.16. The van der Waals surface area contributed by atoms with E-state index in [0.717, 1.165) is 17.3 Å². The van der Waals surface area contributed by atoms with Crippen LogP contribution in [-0.4, -0.2) is 28.4 Å². The van der Waals surface area contributed by atoms with Crippen molar-refractivity contribution in [3.8, 4) is 22.6 Å². The Bertz CT molecular complexity index is 1100. The summed E-state index contributed by atoms with van der Waals surface area (Å²) < 4.78 is 10.6.